The Kier molecular flexibility index (Phi) is 5.73. The first-order valence-electron chi connectivity index (χ1n) is 9.06. The number of aromatic nitrogens is 2. The van der Waals surface area contributed by atoms with E-state index in [0.29, 0.717) is 23.0 Å². The maximum Gasteiger partial charge on any atom is 0.336 e. The Bertz CT molecular complexity index is 1040. The third-order valence-electron chi connectivity index (χ3n) is 4.49. The van der Waals surface area contributed by atoms with Gasteiger partial charge in [0, 0.05) is 36.5 Å². The summed E-state index contributed by atoms with van der Waals surface area (Å²) in [6, 6.07) is 6.94. The normalized spacial score (nSPS) is 11.0. The van der Waals surface area contributed by atoms with Crippen LogP contribution in [0.5, 0.6) is 0 Å². The van der Waals surface area contributed by atoms with E-state index >= 15 is 0 Å². The number of hydrogen-bond donors (Lipinski definition) is 0. The molecule has 28 heavy (non-hydrogen) atoms. The van der Waals surface area contributed by atoms with Crippen LogP contribution in [0.1, 0.15) is 36.5 Å². The van der Waals surface area contributed by atoms with E-state index in [4.69, 9.17) is 9.15 Å². The summed E-state index contributed by atoms with van der Waals surface area (Å²) >= 11 is 0. The van der Waals surface area contributed by atoms with Gasteiger partial charge in [0.1, 0.15) is 18.7 Å². The zero-order valence-corrected chi connectivity index (χ0v) is 16.4. The molecule has 0 unspecified atom stereocenters. The van der Waals surface area contributed by atoms with E-state index in [1.165, 1.54) is 6.07 Å². The van der Waals surface area contributed by atoms with Gasteiger partial charge in [0.15, 0.2) is 0 Å². The Balaban J connectivity index is 1.79. The molecular formula is C21H23N3O4. The molecule has 0 radical (unpaired) electrons. The molecule has 0 atom stereocenters. The van der Waals surface area contributed by atoms with Crippen molar-refractivity contribution in [1.82, 2.24) is 9.97 Å². The minimum absolute atomic E-state index is 0.000259. The zero-order valence-electron chi connectivity index (χ0n) is 16.4. The Morgan fingerprint density at radius 3 is 2.61 bits per heavy atom. The average Bonchev–Trinajstić information content (AvgIpc) is 2.65. The van der Waals surface area contributed by atoms with Gasteiger partial charge in [-0.1, -0.05) is 13.8 Å². The van der Waals surface area contributed by atoms with Crippen LogP contribution in [-0.4, -0.2) is 29.5 Å². The quantitative estimate of drug-likeness (QED) is 0.479. The largest absolute Gasteiger partial charge is 0.459 e. The van der Waals surface area contributed by atoms with E-state index in [0.717, 1.165) is 16.5 Å². The molecule has 146 valence electrons. The first-order chi connectivity index (χ1) is 13.3. The van der Waals surface area contributed by atoms with E-state index in [-0.39, 0.29) is 13.2 Å². The molecule has 7 nitrogen and oxygen atoms in total. The SMILES string of the molecule is Cc1cc2oc(=O)cc(COC(=O)CN(C)c3ncccn3)c2cc1C(C)C. The van der Waals surface area contributed by atoms with Crippen molar-refractivity contribution in [1.29, 1.82) is 0 Å². The van der Waals surface area contributed by atoms with Gasteiger partial charge in [0.05, 0.1) is 0 Å². The van der Waals surface area contributed by atoms with Crippen molar-refractivity contribution in [3.63, 3.8) is 0 Å². The zero-order chi connectivity index (χ0) is 20.3. The third kappa shape index (κ3) is 4.36. The molecule has 0 saturated heterocycles. The number of carbonyl (C=O) groups is 1. The maximum atomic E-state index is 12.2. The number of hydrogen-bond acceptors (Lipinski definition) is 7. The fraction of sp³-hybridized carbons (Fsp3) is 0.333. The summed E-state index contributed by atoms with van der Waals surface area (Å²) in [5, 5.41) is 0.779. The minimum Gasteiger partial charge on any atom is -0.459 e. The van der Waals surface area contributed by atoms with Crippen LogP contribution < -0.4 is 10.5 Å². The van der Waals surface area contributed by atoms with E-state index in [2.05, 4.69) is 23.8 Å². The fourth-order valence-corrected chi connectivity index (χ4v) is 3.09. The van der Waals surface area contributed by atoms with Crippen LogP contribution in [0.15, 0.2) is 45.9 Å². The van der Waals surface area contributed by atoms with Crippen molar-refractivity contribution < 1.29 is 13.9 Å². The molecule has 0 spiro atoms. The van der Waals surface area contributed by atoms with Crippen LogP contribution >= 0.6 is 0 Å². The summed E-state index contributed by atoms with van der Waals surface area (Å²) in [4.78, 5) is 33.9. The molecular weight excluding hydrogens is 358 g/mol. The molecule has 3 aromatic rings. The number of benzene rings is 1. The Morgan fingerprint density at radius 1 is 1.21 bits per heavy atom. The predicted molar refractivity (Wildman–Crippen MR) is 106 cm³/mol. The van der Waals surface area contributed by atoms with Gasteiger partial charge >= 0.3 is 11.6 Å². The summed E-state index contributed by atoms with van der Waals surface area (Å²) in [7, 11) is 1.71. The van der Waals surface area contributed by atoms with Gasteiger partial charge in [0.25, 0.3) is 0 Å². The molecule has 2 heterocycles. The summed E-state index contributed by atoms with van der Waals surface area (Å²) in [5.74, 6) is 0.320. The number of carbonyl (C=O) groups excluding carboxylic acids is 1. The molecule has 0 saturated carbocycles. The first-order valence-corrected chi connectivity index (χ1v) is 9.06. The molecule has 0 N–H and O–H groups in total. The van der Waals surface area contributed by atoms with Gasteiger partial charge in [-0.2, -0.15) is 0 Å². The number of likely N-dealkylation sites (N-methyl/N-ethyl adjacent to an activating group) is 1. The van der Waals surface area contributed by atoms with Crippen molar-refractivity contribution in [3.05, 3.63) is 63.8 Å². The van der Waals surface area contributed by atoms with Gasteiger partial charge in [0.2, 0.25) is 5.95 Å². The van der Waals surface area contributed by atoms with Crippen molar-refractivity contribution in [2.75, 3.05) is 18.5 Å². The highest BCUT2D eigenvalue weighted by molar-refractivity contribution is 5.82. The monoisotopic (exact) mass is 381 g/mol. The van der Waals surface area contributed by atoms with Crippen molar-refractivity contribution in [3.8, 4) is 0 Å². The van der Waals surface area contributed by atoms with Crippen molar-refractivity contribution in [2.24, 2.45) is 0 Å². The van der Waals surface area contributed by atoms with Crippen LogP contribution in [0.3, 0.4) is 0 Å². The van der Waals surface area contributed by atoms with Crippen LogP contribution in [0, 0.1) is 6.92 Å². The number of rotatable bonds is 6. The predicted octanol–water partition coefficient (Wildman–Crippen LogP) is 3.19. The minimum atomic E-state index is -0.468. The Labute approximate surface area is 163 Å². The highest BCUT2D eigenvalue weighted by atomic mass is 16.5. The van der Waals surface area contributed by atoms with E-state index in [9.17, 15) is 9.59 Å². The van der Waals surface area contributed by atoms with Gasteiger partial charge < -0.3 is 14.1 Å². The maximum absolute atomic E-state index is 12.2. The van der Waals surface area contributed by atoms with Gasteiger partial charge in [-0.05, 0) is 42.2 Å². The highest BCUT2D eigenvalue weighted by Gasteiger charge is 2.14. The Hall–Kier alpha value is -3.22. The number of nitrogens with zero attached hydrogens (tertiary/aromatic N) is 3. The number of anilines is 1. The molecule has 7 heteroatoms. The number of fused-ring (bicyclic) bond motifs is 1. The molecule has 3 rings (SSSR count). The van der Waals surface area contributed by atoms with E-state index < -0.39 is 11.6 Å². The molecule has 2 aromatic heterocycles. The fourth-order valence-electron chi connectivity index (χ4n) is 3.09. The lowest BCUT2D eigenvalue weighted by atomic mass is 9.95. The lowest BCUT2D eigenvalue weighted by Crippen LogP contribution is -2.28. The van der Waals surface area contributed by atoms with Gasteiger partial charge in [-0.3, -0.25) is 4.79 Å². The number of aryl methyl sites for hydroxylation is 1. The summed E-state index contributed by atoms with van der Waals surface area (Å²) in [6.07, 6.45) is 3.21. The van der Waals surface area contributed by atoms with E-state index in [1.54, 1.807) is 30.4 Å². The van der Waals surface area contributed by atoms with Crippen LogP contribution in [0.4, 0.5) is 5.95 Å². The van der Waals surface area contributed by atoms with E-state index in [1.807, 2.05) is 19.1 Å². The molecule has 0 aliphatic rings. The molecule has 0 amide bonds. The lowest BCUT2D eigenvalue weighted by molar-refractivity contribution is -0.143. The summed E-state index contributed by atoms with van der Waals surface area (Å²) in [6.45, 7) is 6.19. The van der Waals surface area contributed by atoms with Crippen LogP contribution in [0.25, 0.3) is 11.0 Å². The molecule has 0 aliphatic heterocycles. The lowest BCUT2D eigenvalue weighted by Gasteiger charge is -2.16. The number of ether oxygens (including phenoxy) is 1. The molecule has 1 aromatic carbocycles. The van der Waals surface area contributed by atoms with Gasteiger partial charge in [-0.15, -0.1) is 0 Å². The summed E-state index contributed by atoms with van der Waals surface area (Å²) < 4.78 is 10.7. The van der Waals surface area contributed by atoms with Crippen molar-refractivity contribution >= 4 is 22.9 Å². The molecule has 0 bridgehead atoms. The van der Waals surface area contributed by atoms with Crippen LogP contribution in [-0.2, 0) is 16.1 Å². The second-order valence-electron chi connectivity index (χ2n) is 7.02. The smallest absolute Gasteiger partial charge is 0.336 e. The molecule has 0 aliphatic carbocycles. The first kappa shape index (κ1) is 19.5. The van der Waals surface area contributed by atoms with Crippen molar-refractivity contribution in [2.45, 2.75) is 33.3 Å². The average molecular weight is 381 g/mol. The standard InChI is InChI=1S/C21H23N3O4/c1-13(2)16-10-17-15(9-19(25)28-18(17)8-14(16)3)12-27-20(26)11-24(4)21-22-6-5-7-23-21/h5-10,13H,11-12H2,1-4H3. The topological polar surface area (TPSA) is 85.5 Å². The number of esters is 1. The van der Waals surface area contributed by atoms with Gasteiger partial charge in [-0.25, -0.2) is 14.8 Å². The summed E-state index contributed by atoms with van der Waals surface area (Å²) in [5.41, 5.74) is 2.87. The second kappa shape index (κ2) is 8.21. The highest BCUT2D eigenvalue weighted by Crippen LogP contribution is 2.27. The van der Waals surface area contributed by atoms with Crippen LogP contribution in [0.2, 0.25) is 0 Å². The molecule has 0 fully saturated rings. The Morgan fingerprint density at radius 2 is 1.93 bits per heavy atom. The second-order valence-corrected chi connectivity index (χ2v) is 7.02. The third-order valence-corrected chi connectivity index (χ3v) is 4.49.